The maximum Gasteiger partial charge on any atom is 0.358 e. The van der Waals surface area contributed by atoms with Crippen molar-refractivity contribution in [3.05, 3.63) is 23.9 Å². The fraction of sp³-hybridized carbons (Fsp3) is 0.286. The number of carbonyl (C=O) groups is 1. The molecular formula is C14H13NO6. The minimum Gasteiger partial charge on any atom is -0.496 e. The summed E-state index contributed by atoms with van der Waals surface area (Å²) in [5.41, 5.74) is 0.316. The standard InChI is InChI=1S/C14H13NO6/c1-18-9-3-4-10-13(20-6-2-5-19-10)12(9)11-7-8(14(16)17)15-21-11/h3-4,7H,2,5-6H2,1H3,(H,16,17). The van der Waals surface area contributed by atoms with Crippen LogP contribution < -0.4 is 14.2 Å². The second-order valence-corrected chi connectivity index (χ2v) is 4.40. The third-order valence-corrected chi connectivity index (χ3v) is 3.07. The van der Waals surface area contributed by atoms with Gasteiger partial charge >= 0.3 is 5.97 Å². The van der Waals surface area contributed by atoms with Crippen molar-refractivity contribution in [2.24, 2.45) is 0 Å². The summed E-state index contributed by atoms with van der Waals surface area (Å²) in [4.78, 5) is 10.9. The number of rotatable bonds is 3. The Morgan fingerprint density at radius 1 is 1.33 bits per heavy atom. The molecule has 0 unspecified atom stereocenters. The Labute approximate surface area is 120 Å². The number of aromatic nitrogens is 1. The second-order valence-electron chi connectivity index (χ2n) is 4.40. The minimum atomic E-state index is -1.16. The van der Waals surface area contributed by atoms with E-state index < -0.39 is 5.97 Å². The van der Waals surface area contributed by atoms with Crippen molar-refractivity contribution >= 4 is 5.97 Å². The van der Waals surface area contributed by atoms with E-state index in [1.807, 2.05) is 0 Å². The summed E-state index contributed by atoms with van der Waals surface area (Å²) in [6, 6.07) is 4.79. The molecule has 0 saturated heterocycles. The number of fused-ring (bicyclic) bond motifs is 1. The highest BCUT2D eigenvalue weighted by Crippen LogP contribution is 2.45. The number of ether oxygens (including phenoxy) is 3. The first kappa shape index (κ1) is 13.3. The normalized spacial score (nSPS) is 13.6. The smallest absolute Gasteiger partial charge is 0.358 e. The van der Waals surface area contributed by atoms with Gasteiger partial charge in [-0.1, -0.05) is 5.16 Å². The molecule has 7 heteroatoms. The maximum atomic E-state index is 10.9. The van der Waals surface area contributed by atoms with Crippen LogP contribution in [0.5, 0.6) is 17.2 Å². The van der Waals surface area contributed by atoms with Crippen LogP contribution in [0.15, 0.2) is 22.7 Å². The van der Waals surface area contributed by atoms with E-state index in [1.165, 1.54) is 13.2 Å². The number of carboxylic acid groups (broad SMARTS) is 1. The van der Waals surface area contributed by atoms with Crippen LogP contribution in [0.1, 0.15) is 16.9 Å². The fourth-order valence-electron chi connectivity index (χ4n) is 2.11. The Hall–Kier alpha value is -2.70. The highest BCUT2D eigenvalue weighted by atomic mass is 16.5. The lowest BCUT2D eigenvalue weighted by atomic mass is 10.1. The summed E-state index contributed by atoms with van der Waals surface area (Å²) >= 11 is 0. The van der Waals surface area contributed by atoms with E-state index in [4.69, 9.17) is 23.8 Å². The Balaban J connectivity index is 2.16. The number of methoxy groups -OCH3 is 1. The molecule has 3 rings (SSSR count). The first-order valence-corrected chi connectivity index (χ1v) is 6.37. The molecule has 0 bridgehead atoms. The summed E-state index contributed by atoms with van der Waals surface area (Å²) in [6.45, 7) is 1.04. The van der Waals surface area contributed by atoms with Crippen molar-refractivity contribution in [1.29, 1.82) is 0 Å². The number of carboxylic acids is 1. The van der Waals surface area contributed by atoms with Gasteiger partial charge in [0.1, 0.15) is 11.3 Å². The van der Waals surface area contributed by atoms with E-state index in [-0.39, 0.29) is 11.5 Å². The molecule has 0 fully saturated rings. The van der Waals surface area contributed by atoms with Gasteiger partial charge in [0.2, 0.25) is 0 Å². The number of nitrogens with zero attached hydrogens (tertiary/aromatic N) is 1. The highest BCUT2D eigenvalue weighted by molar-refractivity contribution is 5.87. The Kier molecular flexibility index (Phi) is 3.39. The van der Waals surface area contributed by atoms with Gasteiger partial charge in [0, 0.05) is 12.5 Å². The van der Waals surface area contributed by atoms with Gasteiger partial charge in [0.25, 0.3) is 0 Å². The van der Waals surface area contributed by atoms with Crippen molar-refractivity contribution < 1.29 is 28.6 Å². The number of hydrogen-bond donors (Lipinski definition) is 1. The van der Waals surface area contributed by atoms with Crippen LogP contribution in [0.3, 0.4) is 0 Å². The molecular weight excluding hydrogens is 278 g/mol. The molecule has 7 nitrogen and oxygen atoms in total. The van der Waals surface area contributed by atoms with E-state index in [0.29, 0.717) is 36.0 Å². The Bertz CT molecular complexity index is 678. The molecule has 0 aliphatic carbocycles. The molecule has 0 atom stereocenters. The van der Waals surface area contributed by atoms with E-state index in [1.54, 1.807) is 12.1 Å². The fourth-order valence-corrected chi connectivity index (χ4v) is 2.11. The maximum absolute atomic E-state index is 10.9. The lowest BCUT2D eigenvalue weighted by Gasteiger charge is -2.13. The van der Waals surface area contributed by atoms with Gasteiger partial charge in [-0.25, -0.2) is 4.79 Å². The van der Waals surface area contributed by atoms with Crippen molar-refractivity contribution in [2.45, 2.75) is 6.42 Å². The van der Waals surface area contributed by atoms with E-state index in [9.17, 15) is 4.79 Å². The van der Waals surface area contributed by atoms with Gasteiger partial charge < -0.3 is 23.8 Å². The van der Waals surface area contributed by atoms with Crippen molar-refractivity contribution in [3.8, 4) is 28.6 Å². The number of aromatic carboxylic acids is 1. The third kappa shape index (κ3) is 2.37. The van der Waals surface area contributed by atoms with Gasteiger partial charge in [-0.2, -0.15) is 0 Å². The van der Waals surface area contributed by atoms with Gasteiger partial charge in [0.05, 0.1) is 20.3 Å². The molecule has 1 aliphatic heterocycles. The summed E-state index contributed by atoms with van der Waals surface area (Å²) in [5.74, 6) is 0.624. The molecule has 110 valence electrons. The van der Waals surface area contributed by atoms with Crippen LogP contribution in [-0.4, -0.2) is 36.6 Å². The van der Waals surface area contributed by atoms with Crippen LogP contribution in [0.4, 0.5) is 0 Å². The lowest BCUT2D eigenvalue weighted by molar-refractivity contribution is 0.0686. The number of hydrogen-bond acceptors (Lipinski definition) is 6. The third-order valence-electron chi connectivity index (χ3n) is 3.07. The first-order chi connectivity index (χ1) is 10.2. The molecule has 1 aromatic heterocycles. The van der Waals surface area contributed by atoms with Crippen molar-refractivity contribution in [1.82, 2.24) is 5.16 Å². The SMILES string of the molecule is COc1ccc2c(c1-c1cc(C(=O)O)no1)OCCCO2. The van der Waals surface area contributed by atoms with Gasteiger partial charge in [-0.3, -0.25) is 0 Å². The Morgan fingerprint density at radius 3 is 2.86 bits per heavy atom. The molecule has 2 aromatic rings. The average Bonchev–Trinajstić information content (AvgIpc) is 2.85. The minimum absolute atomic E-state index is 0.181. The summed E-state index contributed by atoms with van der Waals surface area (Å²) < 4.78 is 21.7. The molecule has 0 amide bonds. The van der Waals surface area contributed by atoms with E-state index in [2.05, 4.69) is 5.16 Å². The molecule has 21 heavy (non-hydrogen) atoms. The summed E-state index contributed by atoms with van der Waals surface area (Å²) in [5, 5.41) is 12.5. The average molecular weight is 291 g/mol. The zero-order valence-electron chi connectivity index (χ0n) is 11.3. The molecule has 1 aromatic carbocycles. The zero-order chi connectivity index (χ0) is 14.8. The van der Waals surface area contributed by atoms with Crippen LogP contribution >= 0.6 is 0 Å². The summed E-state index contributed by atoms with van der Waals surface area (Å²) in [6.07, 6.45) is 0.757. The van der Waals surface area contributed by atoms with Crippen molar-refractivity contribution in [3.63, 3.8) is 0 Å². The van der Waals surface area contributed by atoms with Crippen molar-refractivity contribution in [2.75, 3.05) is 20.3 Å². The second kappa shape index (κ2) is 5.35. The van der Waals surface area contributed by atoms with Crippen LogP contribution in [0, 0.1) is 0 Å². The van der Waals surface area contributed by atoms with Gasteiger partial charge in [-0.15, -0.1) is 0 Å². The Morgan fingerprint density at radius 2 is 2.14 bits per heavy atom. The van der Waals surface area contributed by atoms with Crippen LogP contribution in [0.2, 0.25) is 0 Å². The molecule has 1 N–H and O–H groups in total. The van der Waals surface area contributed by atoms with Crippen LogP contribution in [-0.2, 0) is 0 Å². The van der Waals surface area contributed by atoms with Crippen LogP contribution in [0.25, 0.3) is 11.3 Å². The predicted molar refractivity (Wildman–Crippen MR) is 71.1 cm³/mol. The quantitative estimate of drug-likeness (QED) is 0.926. The highest BCUT2D eigenvalue weighted by Gasteiger charge is 2.24. The lowest BCUT2D eigenvalue weighted by Crippen LogP contribution is -1.98. The zero-order valence-corrected chi connectivity index (χ0v) is 11.3. The molecule has 0 radical (unpaired) electrons. The number of benzene rings is 1. The molecule has 2 heterocycles. The molecule has 1 aliphatic rings. The first-order valence-electron chi connectivity index (χ1n) is 6.37. The van der Waals surface area contributed by atoms with Gasteiger partial charge in [-0.05, 0) is 12.1 Å². The summed E-state index contributed by atoms with van der Waals surface area (Å²) in [7, 11) is 1.51. The van der Waals surface area contributed by atoms with Gasteiger partial charge in [0.15, 0.2) is 23.0 Å². The van der Waals surface area contributed by atoms with E-state index in [0.717, 1.165) is 6.42 Å². The molecule has 0 spiro atoms. The van der Waals surface area contributed by atoms with E-state index >= 15 is 0 Å². The topological polar surface area (TPSA) is 91.0 Å². The predicted octanol–water partition coefficient (Wildman–Crippen LogP) is 2.21. The largest absolute Gasteiger partial charge is 0.496 e. The molecule has 0 saturated carbocycles. The monoisotopic (exact) mass is 291 g/mol.